The third kappa shape index (κ3) is 2.80. The molecule has 2 aromatic rings. The lowest BCUT2D eigenvalue weighted by molar-refractivity contribution is 0.0988. The molecule has 2 aromatic carbocycles. The van der Waals surface area contributed by atoms with Crippen LogP contribution in [0.3, 0.4) is 0 Å². The van der Waals surface area contributed by atoms with E-state index in [2.05, 4.69) is 4.72 Å². The Bertz CT molecular complexity index is 869. The van der Waals surface area contributed by atoms with Crippen molar-refractivity contribution >= 4 is 28.2 Å². The van der Waals surface area contributed by atoms with Gasteiger partial charge in [-0.2, -0.15) is 0 Å². The smallest absolute Gasteiger partial charge is 0.208 e. The largest absolute Gasteiger partial charge is 0.507 e. The number of carbonyl (C=O) groups excluding carboxylic acids is 2. The molecule has 0 bridgehead atoms. The van der Waals surface area contributed by atoms with Gasteiger partial charge < -0.3 is 9.83 Å². The number of fused-ring (bicyclic) bond motifs is 1. The highest BCUT2D eigenvalue weighted by atomic mass is 32.2. The number of hydrogen-bond donors (Lipinski definition) is 2. The molecule has 1 atom stereocenters. The van der Waals surface area contributed by atoms with Crippen LogP contribution in [0.15, 0.2) is 53.4 Å². The first-order chi connectivity index (χ1) is 11.0. The number of benzene rings is 2. The van der Waals surface area contributed by atoms with E-state index >= 15 is 0 Å². The first-order valence-corrected chi connectivity index (χ1v) is 8.00. The maximum absolute atomic E-state index is 12.5. The molecule has 0 aromatic heterocycles. The first-order valence-electron chi connectivity index (χ1n) is 6.85. The van der Waals surface area contributed by atoms with Crippen molar-refractivity contribution in [3.63, 3.8) is 0 Å². The van der Waals surface area contributed by atoms with Crippen LogP contribution in [-0.4, -0.2) is 20.9 Å². The quantitative estimate of drug-likeness (QED) is 0.908. The fourth-order valence-corrected chi connectivity index (χ4v) is 3.24. The monoisotopic (exact) mass is 327 g/mol. The predicted molar refractivity (Wildman–Crippen MR) is 87.8 cm³/mol. The molecule has 116 valence electrons. The molecule has 2 N–H and O–H groups in total. The number of phenolic OH excluding ortho intramolecular Hbond substituents is 1. The lowest BCUT2D eigenvalue weighted by Crippen LogP contribution is -2.22. The van der Waals surface area contributed by atoms with Crippen molar-refractivity contribution in [3.05, 3.63) is 70.1 Å². The minimum Gasteiger partial charge on any atom is -0.507 e. The minimum absolute atomic E-state index is 0.103. The third-order valence-corrected chi connectivity index (χ3v) is 4.61. The number of phenols is 1. The minimum atomic E-state index is -1.90. The topological polar surface area (TPSA) is 83.5 Å². The van der Waals surface area contributed by atoms with Gasteiger partial charge in [-0.05, 0) is 25.1 Å². The van der Waals surface area contributed by atoms with Gasteiger partial charge >= 0.3 is 0 Å². The predicted octanol–water partition coefficient (Wildman–Crippen LogP) is 2.74. The Morgan fingerprint density at radius 2 is 1.74 bits per heavy atom. The number of hydrogen-bond acceptors (Lipinski definition) is 4. The van der Waals surface area contributed by atoms with E-state index in [-0.39, 0.29) is 21.8 Å². The Morgan fingerprint density at radius 1 is 1.04 bits per heavy atom. The van der Waals surface area contributed by atoms with E-state index in [9.17, 15) is 18.9 Å². The number of aryl methyl sites for hydroxylation is 1. The lowest BCUT2D eigenvalue weighted by atomic mass is 9.94. The van der Waals surface area contributed by atoms with Gasteiger partial charge in [0.05, 0.1) is 5.56 Å². The first kappa shape index (κ1) is 15.2. The van der Waals surface area contributed by atoms with Crippen molar-refractivity contribution in [2.45, 2.75) is 6.92 Å². The summed E-state index contributed by atoms with van der Waals surface area (Å²) in [5.41, 5.74) is 1.63. The number of nitrogens with one attached hydrogen (secondary N) is 1. The summed E-state index contributed by atoms with van der Waals surface area (Å²) < 4.78 is 15.1. The zero-order chi connectivity index (χ0) is 16.6. The number of allylic oxidation sites excluding steroid dienone is 2. The number of Topliss-reactive ketones (excluding diaryl/α,β-unsaturated/α-hetero) is 1. The fourth-order valence-electron chi connectivity index (χ4n) is 2.29. The highest BCUT2D eigenvalue weighted by Crippen LogP contribution is 2.30. The van der Waals surface area contributed by atoms with Crippen LogP contribution < -0.4 is 4.72 Å². The molecule has 5 nitrogen and oxygen atoms in total. The maximum atomic E-state index is 12.5. The van der Waals surface area contributed by atoms with Gasteiger partial charge in [-0.15, -0.1) is 0 Å². The molecule has 1 aliphatic rings. The molecule has 1 unspecified atom stereocenters. The molecule has 23 heavy (non-hydrogen) atoms. The van der Waals surface area contributed by atoms with E-state index in [1.165, 1.54) is 18.2 Å². The molecule has 0 saturated heterocycles. The van der Waals surface area contributed by atoms with E-state index in [0.29, 0.717) is 5.69 Å². The maximum Gasteiger partial charge on any atom is 0.208 e. The van der Waals surface area contributed by atoms with Gasteiger partial charge in [-0.25, -0.2) is 4.21 Å². The van der Waals surface area contributed by atoms with Crippen LogP contribution in [0.1, 0.15) is 26.3 Å². The second kappa shape index (κ2) is 5.81. The Hall–Kier alpha value is -2.73. The summed E-state index contributed by atoms with van der Waals surface area (Å²) in [4.78, 5) is 24.4. The summed E-state index contributed by atoms with van der Waals surface area (Å²) in [5, 5.41) is 9.84. The van der Waals surface area contributed by atoms with Gasteiger partial charge in [0.25, 0.3) is 0 Å². The molecule has 0 amide bonds. The number of rotatable bonds is 3. The van der Waals surface area contributed by atoms with Crippen LogP contribution in [0, 0.1) is 6.92 Å². The van der Waals surface area contributed by atoms with Crippen LogP contribution in [0.2, 0.25) is 0 Å². The molecule has 6 heteroatoms. The van der Waals surface area contributed by atoms with Crippen molar-refractivity contribution in [1.82, 2.24) is 0 Å². The van der Waals surface area contributed by atoms with E-state index in [4.69, 9.17) is 0 Å². The van der Waals surface area contributed by atoms with E-state index in [0.717, 1.165) is 11.6 Å². The number of anilines is 1. The molecule has 0 aliphatic heterocycles. The second-order valence-electron chi connectivity index (χ2n) is 5.14. The Balaban J connectivity index is 1.93. The summed E-state index contributed by atoms with van der Waals surface area (Å²) in [6, 6.07) is 11.4. The van der Waals surface area contributed by atoms with Gasteiger partial charge in [0.2, 0.25) is 5.78 Å². The van der Waals surface area contributed by atoms with Gasteiger partial charge in [-0.3, -0.25) is 9.59 Å². The standard InChI is InChI=1S/C17H13NO4S/c1-10-5-7-11(8-6-10)18-23(22)15-9-14(20)12-3-2-4-13(19)16(12)17(15)21/h2-9,18-19H,1H3. The van der Waals surface area contributed by atoms with Crippen molar-refractivity contribution < 1.29 is 18.9 Å². The van der Waals surface area contributed by atoms with Gasteiger partial charge in [-0.1, -0.05) is 29.8 Å². The molecule has 0 radical (unpaired) electrons. The number of aromatic hydroxyl groups is 1. The highest BCUT2D eigenvalue weighted by molar-refractivity contribution is 7.91. The SMILES string of the molecule is Cc1ccc(NS(=O)C2=CC(=O)c3cccc(O)c3C2=O)cc1. The Labute approximate surface area is 135 Å². The molecule has 3 rings (SSSR count). The molecule has 0 spiro atoms. The van der Waals surface area contributed by atoms with Crippen molar-refractivity contribution in [2.24, 2.45) is 0 Å². The van der Waals surface area contributed by atoms with Crippen molar-refractivity contribution in [2.75, 3.05) is 4.72 Å². The normalized spacial score (nSPS) is 14.9. The third-order valence-electron chi connectivity index (χ3n) is 3.48. The van der Waals surface area contributed by atoms with Crippen LogP contribution in [-0.2, 0) is 11.0 Å². The van der Waals surface area contributed by atoms with Crippen molar-refractivity contribution in [3.8, 4) is 5.75 Å². The van der Waals surface area contributed by atoms with Gasteiger partial charge in [0, 0.05) is 17.3 Å². The van der Waals surface area contributed by atoms with Crippen LogP contribution >= 0.6 is 0 Å². The molecule has 0 heterocycles. The summed E-state index contributed by atoms with van der Waals surface area (Å²) in [7, 11) is -1.90. The van der Waals surface area contributed by atoms with E-state index in [1.807, 2.05) is 19.1 Å². The zero-order valence-electron chi connectivity index (χ0n) is 12.2. The molecule has 0 saturated carbocycles. The molecule has 0 fully saturated rings. The number of carbonyl (C=O) groups is 2. The Kier molecular flexibility index (Phi) is 3.83. The second-order valence-corrected chi connectivity index (χ2v) is 6.32. The van der Waals surface area contributed by atoms with Crippen LogP contribution in [0.4, 0.5) is 5.69 Å². The van der Waals surface area contributed by atoms with Crippen molar-refractivity contribution in [1.29, 1.82) is 0 Å². The van der Waals surface area contributed by atoms with E-state index < -0.39 is 22.6 Å². The molecule has 1 aliphatic carbocycles. The Morgan fingerprint density at radius 3 is 2.43 bits per heavy atom. The molecular weight excluding hydrogens is 314 g/mol. The highest BCUT2D eigenvalue weighted by Gasteiger charge is 2.31. The number of ketones is 2. The fraction of sp³-hybridized carbons (Fsp3) is 0.0588. The zero-order valence-corrected chi connectivity index (χ0v) is 13.0. The van der Waals surface area contributed by atoms with Gasteiger partial charge in [0.1, 0.15) is 10.7 Å². The average molecular weight is 327 g/mol. The summed E-state index contributed by atoms with van der Waals surface area (Å²) in [5.74, 6) is -1.36. The average Bonchev–Trinajstić information content (AvgIpc) is 2.53. The van der Waals surface area contributed by atoms with Crippen LogP contribution in [0.25, 0.3) is 0 Å². The van der Waals surface area contributed by atoms with Crippen LogP contribution in [0.5, 0.6) is 5.75 Å². The summed E-state index contributed by atoms with van der Waals surface area (Å²) >= 11 is 0. The summed E-state index contributed by atoms with van der Waals surface area (Å²) in [6.07, 6.45) is 1.06. The van der Waals surface area contributed by atoms with E-state index in [1.54, 1.807) is 12.1 Å². The summed E-state index contributed by atoms with van der Waals surface area (Å²) in [6.45, 7) is 1.92. The lowest BCUT2D eigenvalue weighted by Gasteiger charge is -2.16. The molecular formula is C17H13NO4S. The van der Waals surface area contributed by atoms with Gasteiger partial charge in [0.15, 0.2) is 16.8 Å².